The molecule has 26 heavy (non-hydrogen) atoms. The maximum atomic E-state index is 12.7. The number of halogens is 1. The van der Waals surface area contributed by atoms with Crippen molar-refractivity contribution >= 4 is 49.3 Å². The molecule has 0 spiro atoms. The lowest BCUT2D eigenvalue weighted by atomic mass is 10.2. The van der Waals surface area contributed by atoms with Crippen molar-refractivity contribution in [3.8, 4) is 0 Å². The third-order valence-electron chi connectivity index (χ3n) is 4.21. The van der Waals surface area contributed by atoms with Gasteiger partial charge in [0.1, 0.15) is 12.1 Å². The van der Waals surface area contributed by atoms with E-state index >= 15 is 0 Å². The van der Waals surface area contributed by atoms with Gasteiger partial charge in [0.15, 0.2) is 0 Å². The topological polar surface area (TPSA) is 79.8 Å². The zero-order valence-electron chi connectivity index (χ0n) is 13.9. The Morgan fingerprint density at radius 3 is 2.85 bits per heavy atom. The number of fused-ring (bicyclic) bond motifs is 3. The summed E-state index contributed by atoms with van der Waals surface area (Å²) in [4.78, 5) is 28.1. The number of hydrogen-bond donors (Lipinski definition) is 2. The zero-order valence-corrected chi connectivity index (χ0v) is 15.5. The van der Waals surface area contributed by atoms with Crippen LogP contribution in [0.2, 0.25) is 0 Å². The molecule has 0 unspecified atom stereocenters. The highest BCUT2D eigenvalue weighted by Crippen LogP contribution is 2.24. The Morgan fingerprint density at radius 1 is 1.23 bits per heavy atom. The molecule has 4 rings (SSSR count). The van der Waals surface area contributed by atoms with Gasteiger partial charge in [-0.05, 0) is 46.6 Å². The van der Waals surface area contributed by atoms with Crippen molar-refractivity contribution in [2.75, 3.05) is 5.32 Å². The number of amides is 1. The quantitative estimate of drug-likeness (QED) is 0.541. The number of anilines is 1. The Hall–Kier alpha value is -2.93. The van der Waals surface area contributed by atoms with Crippen LogP contribution in [0.4, 0.5) is 5.69 Å². The molecule has 2 N–H and O–H groups in total. The molecule has 7 heteroatoms. The molecule has 0 saturated heterocycles. The molecule has 0 radical (unpaired) electrons. The first-order chi connectivity index (χ1) is 12.5. The number of nitrogens with one attached hydrogen (secondary N) is 2. The minimum Gasteiger partial charge on any atom is -0.350 e. The molecule has 0 atom stereocenters. The molecule has 6 nitrogen and oxygen atoms in total. The van der Waals surface area contributed by atoms with E-state index in [2.05, 4.69) is 31.3 Å². The first-order valence-corrected chi connectivity index (χ1v) is 8.85. The SMILES string of the molecule is Cc1ccc(NC(=O)Cn2ncc3c([nH]c4ccccc43)c2=O)c(Br)c1. The van der Waals surface area contributed by atoms with E-state index in [1.165, 1.54) is 0 Å². The Balaban J connectivity index is 1.64. The second kappa shape index (κ2) is 6.42. The molecule has 0 bridgehead atoms. The van der Waals surface area contributed by atoms with Gasteiger partial charge in [0.2, 0.25) is 5.91 Å². The van der Waals surface area contributed by atoms with Crippen molar-refractivity contribution in [3.63, 3.8) is 0 Å². The lowest BCUT2D eigenvalue weighted by molar-refractivity contribution is -0.117. The molecule has 0 aliphatic carbocycles. The fourth-order valence-electron chi connectivity index (χ4n) is 2.94. The summed E-state index contributed by atoms with van der Waals surface area (Å²) in [7, 11) is 0. The van der Waals surface area contributed by atoms with E-state index in [1.807, 2.05) is 49.4 Å². The van der Waals surface area contributed by atoms with Crippen molar-refractivity contribution in [1.29, 1.82) is 0 Å². The lowest BCUT2D eigenvalue weighted by Crippen LogP contribution is -2.29. The molecule has 2 aromatic heterocycles. The van der Waals surface area contributed by atoms with Crippen LogP contribution in [0, 0.1) is 6.92 Å². The summed E-state index contributed by atoms with van der Waals surface area (Å²) in [6.07, 6.45) is 1.62. The summed E-state index contributed by atoms with van der Waals surface area (Å²) in [6.45, 7) is 1.81. The second-order valence-electron chi connectivity index (χ2n) is 6.10. The van der Waals surface area contributed by atoms with Gasteiger partial charge in [0, 0.05) is 20.8 Å². The number of para-hydroxylation sites is 1. The van der Waals surface area contributed by atoms with Gasteiger partial charge in [-0.1, -0.05) is 24.3 Å². The van der Waals surface area contributed by atoms with Gasteiger partial charge in [0.05, 0.1) is 11.9 Å². The van der Waals surface area contributed by atoms with Crippen molar-refractivity contribution in [2.45, 2.75) is 13.5 Å². The third kappa shape index (κ3) is 2.90. The molecule has 2 aromatic carbocycles. The highest BCUT2D eigenvalue weighted by Gasteiger charge is 2.13. The average molecular weight is 411 g/mol. The second-order valence-corrected chi connectivity index (χ2v) is 6.95. The number of aromatic amines is 1. The number of nitrogens with zero attached hydrogens (tertiary/aromatic N) is 2. The molecule has 0 aliphatic rings. The maximum Gasteiger partial charge on any atom is 0.291 e. The molecule has 0 aliphatic heterocycles. The monoisotopic (exact) mass is 410 g/mol. The number of rotatable bonds is 3. The Labute approximate surface area is 157 Å². The van der Waals surface area contributed by atoms with Crippen LogP contribution in [0.15, 0.2) is 57.9 Å². The molecule has 4 aromatic rings. The summed E-state index contributed by atoms with van der Waals surface area (Å²) in [5.41, 5.74) is 2.73. The van der Waals surface area contributed by atoms with Gasteiger partial charge in [-0.3, -0.25) is 9.59 Å². The van der Waals surface area contributed by atoms with Gasteiger partial charge in [0.25, 0.3) is 5.56 Å². The minimum atomic E-state index is -0.322. The van der Waals surface area contributed by atoms with Crippen molar-refractivity contribution in [1.82, 2.24) is 14.8 Å². The van der Waals surface area contributed by atoms with Gasteiger partial charge in [-0.2, -0.15) is 5.10 Å². The number of aryl methyl sites for hydroxylation is 1. The van der Waals surface area contributed by atoms with Crippen LogP contribution in [0.25, 0.3) is 21.8 Å². The van der Waals surface area contributed by atoms with Crippen molar-refractivity contribution in [3.05, 3.63) is 69.1 Å². The van der Waals surface area contributed by atoms with Crippen LogP contribution in [-0.4, -0.2) is 20.7 Å². The van der Waals surface area contributed by atoms with Crippen molar-refractivity contribution in [2.24, 2.45) is 0 Å². The normalized spacial score (nSPS) is 11.2. The van der Waals surface area contributed by atoms with E-state index in [1.54, 1.807) is 6.20 Å². The number of carbonyl (C=O) groups is 1. The maximum absolute atomic E-state index is 12.7. The van der Waals surface area contributed by atoms with Crippen LogP contribution >= 0.6 is 15.9 Å². The fraction of sp³-hybridized carbons (Fsp3) is 0.105. The molecule has 130 valence electrons. The number of carbonyl (C=O) groups excluding carboxylic acids is 1. The Bertz CT molecular complexity index is 1210. The minimum absolute atomic E-state index is 0.162. The highest BCUT2D eigenvalue weighted by molar-refractivity contribution is 9.10. The third-order valence-corrected chi connectivity index (χ3v) is 4.87. The predicted molar refractivity (Wildman–Crippen MR) is 105 cm³/mol. The highest BCUT2D eigenvalue weighted by atomic mass is 79.9. The average Bonchev–Trinajstić information content (AvgIpc) is 2.99. The standard InChI is InChI=1S/C19H15BrN4O2/c1-11-6-7-16(14(20)8-11)22-17(25)10-24-19(26)18-13(9-21-24)12-4-2-3-5-15(12)23-18/h2-9,23H,10H2,1H3,(H,22,25). The summed E-state index contributed by atoms with van der Waals surface area (Å²) < 4.78 is 1.95. The van der Waals surface area contributed by atoms with Gasteiger partial charge in [-0.15, -0.1) is 0 Å². The van der Waals surface area contributed by atoms with Crippen LogP contribution < -0.4 is 10.9 Å². The number of benzene rings is 2. The first kappa shape index (κ1) is 16.5. The van der Waals surface area contributed by atoms with E-state index < -0.39 is 0 Å². The predicted octanol–water partition coefficient (Wildman–Crippen LogP) is 3.59. The molecular formula is C19H15BrN4O2. The van der Waals surface area contributed by atoms with E-state index in [9.17, 15) is 9.59 Å². The molecule has 2 heterocycles. The fourth-order valence-corrected chi connectivity index (χ4v) is 3.53. The number of aromatic nitrogens is 3. The molecule has 0 saturated carbocycles. The smallest absolute Gasteiger partial charge is 0.291 e. The first-order valence-electron chi connectivity index (χ1n) is 8.05. The van der Waals surface area contributed by atoms with E-state index in [-0.39, 0.29) is 18.0 Å². The van der Waals surface area contributed by atoms with Crippen LogP contribution in [0.3, 0.4) is 0 Å². The summed E-state index contributed by atoms with van der Waals surface area (Å²) in [6, 6.07) is 13.3. The van der Waals surface area contributed by atoms with E-state index in [0.717, 1.165) is 31.0 Å². The van der Waals surface area contributed by atoms with E-state index in [0.29, 0.717) is 11.2 Å². The molecular weight excluding hydrogens is 396 g/mol. The van der Waals surface area contributed by atoms with Crippen LogP contribution in [0.1, 0.15) is 5.56 Å². The van der Waals surface area contributed by atoms with E-state index in [4.69, 9.17) is 0 Å². The zero-order chi connectivity index (χ0) is 18.3. The summed E-state index contributed by atoms with van der Waals surface area (Å²) in [5.74, 6) is -0.320. The number of hydrogen-bond acceptors (Lipinski definition) is 3. The summed E-state index contributed by atoms with van der Waals surface area (Å²) in [5, 5.41) is 8.64. The van der Waals surface area contributed by atoms with Gasteiger partial charge >= 0.3 is 0 Å². The lowest BCUT2D eigenvalue weighted by Gasteiger charge is -2.09. The molecule has 0 fully saturated rings. The molecule has 1 amide bonds. The Kier molecular flexibility index (Phi) is 4.08. The Morgan fingerprint density at radius 2 is 2.04 bits per heavy atom. The largest absolute Gasteiger partial charge is 0.350 e. The van der Waals surface area contributed by atoms with Crippen molar-refractivity contribution < 1.29 is 4.79 Å². The number of H-pyrrole nitrogens is 1. The summed E-state index contributed by atoms with van der Waals surface area (Å²) >= 11 is 3.42. The van der Waals surface area contributed by atoms with Crippen LogP contribution in [0.5, 0.6) is 0 Å². The van der Waals surface area contributed by atoms with Crippen LogP contribution in [-0.2, 0) is 11.3 Å². The van der Waals surface area contributed by atoms with Gasteiger partial charge < -0.3 is 10.3 Å². The van der Waals surface area contributed by atoms with Gasteiger partial charge in [-0.25, -0.2) is 4.68 Å².